The molecule has 21 heavy (non-hydrogen) atoms. The van der Waals surface area contributed by atoms with Crippen molar-refractivity contribution >= 4 is 12.0 Å². The minimum Gasteiger partial charge on any atom is -0.477 e. The van der Waals surface area contributed by atoms with Gasteiger partial charge in [0.2, 0.25) is 5.88 Å². The van der Waals surface area contributed by atoms with Crippen molar-refractivity contribution in [1.29, 1.82) is 0 Å². The quantitative estimate of drug-likeness (QED) is 0.822. The minimum atomic E-state index is -0.288. The molecular formula is C14H17N3O4. The number of carbonyl (C=O) groups excluding carboxylic acids is 2. The molecule has 112 valence electrons. The Labute approximate surface area is 122 Å². The van der Waals surface area contributed by atoms with Gasteiger partial charge in [-0.1, -0.05) is 0 Å². The molecule has 2 aliphatic heterocycles. The van der Waals surface area contributed by atoms with Crippen LogP contribution in [0.25, 0.3) is 0 Å². The van der Waals surface area contributed by atoms with Gasteiger partial charge in [0.25, 0.3) is 5.91 Å². The standard InChI is InChI=1S/C14H17N3O4/c1-2-20-12-11(4-3-5-15-12)13(18)16-6-7-17-10(8-16)9-21-14(17)19/h3-5,10H,2,6-9H2,1H3. The van der Waals surface area contributed by atoms with E-state index in [0.717, 1.165) is 0 Å². The van der Waals surface area contributed by atoms with Crippen molar-refractivity contribution in [3.63, 3.8) is 0 Å². The lowest BCUT2D eigenvalue weighted by Crippen LogP contribution is -2.53. The number of pyridine rings is 1. The van der Waals surface area contributed by atoms with Gasteiger partial charge < -0.3 is 14.4 Å². The molecule has 3 rings (SSSR count). The van der Waals surface area contributed by atoms with Gasteiger partial charge in [-0.3, -0.25) is 9.69 Å². The highest BCUT2D eigenvalue weighted by molar-refractivity contribution is 5.96. The Morgan fingerprint density at radius 1 is 1.52 bits per heavy atom. The molecule has 0 spiro atoms. The molecular weight excluding hydrogens is 274 g/mol. The number of piperazine rings is 1. The highest BCUT2D eigenvalue weighted by Gasteiger charge is 2.39. The molecule has 2 fully saturated rings. The molecule has 1 unspecified atom stereocenters. The van der Waals surface area contributed by atoms with E-state index in [4.69, 9.17) is 9.47 Å². The lowest BCUT2D eigenvalue weighted by Gasteiger charge is -2.35. The number of fused-ring (bicyclic) bond motifs is 1. The van der Waals surface area contributed by atoms with Gasteiger partial charge in [-0.05, 0) is 19.1 Å². The van der Waals surface area contributed by atoms with Gasteiger partial charge in [0.1, 0.15) is 12.2 Å². The first-order chi connectivity index (χ1) is 10.2. The zero-order valence-corrected chi connectivity index (χ0v) is 11.8. The molecule has 2 aliphatic rings. The van der Waals surface area contributed by atoms with Gasteiger partial charge in [-0.15, -0.1) is 0 Å². The first-order valence-electron chi connectivity index (χ1n) is 7.01. The molecule has 2 saturated heterocycles. The number of carbonyl (C=O) groups is 2. The number of amides is 2. The number of ether oxygens (including phenoxy) is 2. The average molecular weight is 291 g/mol. The molecule has 0 bridgehead atoms. The van der Waals surface area contributed by atoms with E-state index in [0.29, 0.717) is 44.3 Å². The molecule has 0 saturated carbocycles. The van der Waals surface area contributed by atoms with Gasteiger partial charge >= 0.3 is 6.09 Å². The van der Waals surface area contributed by atoms with Crippen LogP contribution in [0.2, 0.25) is 0 Å². The Bertz CT molecular complexity index is 563. The van der Waals surface area contributed by atoms with Gasteiger partial charge in [-0.2, -0.15) is 0 Å². The van der Waals surface area contributed by atoms with Crippen LogP contribution in [0, 0.1) is 0 Å². The van der Waals surface area contributed by atoms with Crippen molar-refractivity contribution in [2.24, 2.45) is 0 Å². The first-order valence-corrected chi connectivity index (χ1v) is 7.01. The molecule has 0 aliphatic carbocycles. The second-order valence-corrected chi connectivity index (χ2v) is 4.96. The van der Waals surface area contributed by atoms with E-state index in [1.165, 1.54) is 0 Å². The summed E-state index contributed by atoms with van der Waals surface area (Å²) in [6, 6.07) is 3.37. The minimum absolute atomic E-state index is 0.0533. The Morgan fingerprint density at radius 3 is 3.19 bits per heavy atom. The summed E-state index contributed by atoms with van der Waals surface area (Å²) in [6.07, 6.45) is 1.31. The van der Waals surface area contributed by atoms with Crippen LogP contribution in [0.1, 0.15) is 17.3 Å². The summed E-state index contributed by atoms with van der Waals surface area (Å²) in [5.74, 6) is 0.233. The van der Waals surface area contributed by atoms with E-state index in [1.54, 1.807) is 28.1 Å². The summed E-state index contributed by atoms with van der Waals surface area (Å²) >= 11 is 0. The molecule has 7 nitrogen and oxygen atoms in total. The summed E-state index contributed by atoms with van der Waals surface area (Å²) < 4.78 is 10.4. The third-order valence-electron chi connectivity index (χ3n) is 3.69. The number of cyclic esters (lactones) is 1. The van der Waals surface area contributed by atoms with Crippen LogP contribution in [0.3, 0.4) is 0 Å². The van der Waals surface area contributed by atoms with Crippen LogP contribution in [-0.4, -0.2) is 65.7 Å². The van der Waals surface area contributed by atoms with Gasteiger partial charge in [-0.25, -0.2) is 9.78 Å². The second-order valence-electron chi connectivity index (χ2n) is 4.96. The van der Waals surface area contributed by atoms with E-state index in [-0.39, 0.29) is 18.0 Å². The second kappa shape index (κ2) is 5.59. The van der Waals surface area contributed by atoms with Crippen LogP contribution in [-0.2, 0) is 4.74 Å². The van der Waals surface area contributed by atoms with Crippen LogP contribution >= 0.6 is 0 Å². The largest absolute Gasteiger partial charge is 0.477 e. The third-order valence-corrected chi connectivity index (χ3v) is 3.69. The Balaban J connectivity index is 1.76. The Morgan fingerprint density at radius 2 is 2.38 bits per heavy atom. The highest BCUT2D eigenvalue weighted by atomic mass is 16.6. The maximum atomic E-state index is 12.6. The van der Waals surface area contributed by atoms with Crippen LogP contribution in [0.4, 0.5) is 4.79 Å². The summed E-state index contributed by atoms with van der Waals surface area (Å²) in [5, 5.41) is 0. The number of nitrogens with zero attached hydrogens (tertiary/aromatic N) is 3. The molecule has 7 heteroatoms. The lowest BCUT2D eigenvalue weighted by atomic mass is 10.1. The molecule has 1 atom stereocenters. The average Bonchev–Trinajstić information content (AvgIpc) is 2.88. The number of aromatic nitrogens is 1. The van der Waals surface area contributed by atoms with Crippen molar-refractivity contribution in [2.75, 3.05) is 32.8 Å². The molecule has 3 heterocycles. The monoisotopic (exact) mass is 291 g/mol. The lowest BCUT2D eigenvalue weighted by molar-refractivity contribution is 0.0612. The maximum Gasteiger partial charge on any atom is 0.410 e. The van der Waals surface area contributed by atoms with Crippen LogP contribution < -0.4 is 4.74 Å². The fourth-order valence-electron chi connectivity index (χ4n) is 2.65. The molecule has 2 amide bonds. The molecule has 0 radical (unpaired) electrons. The van der Waals surface area contributed by atoms with E-state index >= 15 is 0 Å². The van der Waals surface area contributed by atoms with Gasteiger partial charge in [0.15, 0.2) is 0 Å². The zero-order valence-electron chi connectivity index (χ0n) is 11.8. The summed E-state index contributed by atoms with van der Waals surface area (Å²) in [6.45, 7) is 4.11. The number of hydrogen-bond acceptors (Lipinski definition) is 5. The van der Waals surface area contributed by atoms with Crippen LogP contribution in [0.5, 0.6) is 5.88 Å². The van der Waals surface area contributed by atoms with Crippen molar-refractivity contribution in [3.8, 4) is 5.88 Å². The Kier molecular flexibility index (Phi) is 3.64. The van der Waals surface area contributed by atoms with E-state index in [9.17, 15) is 9.59 Å². The van der Waals surface area contributed by atoms with Gasteiger partial charge in [0, 0.05) is 25.8 Å². The van der Waals surface area contributed by atoms with E-state index in [2.05, 4.69) is 4.98 Å². The van der Waals surface area contributed by atoms with Crippen molar-refractivity contribution in [3.05, 3.63) is 23.9 Å². The molecule has 0 N–H and O–H groups in total. The van der Waals surface area contributed by atoms with Crippen LogP contribution in [0.15, 0.2) is 18.3 Å². The SMILES string of the molecule is CCOc1ncccc1C(=O)N1CCN2C(=O)OCC2C1. The van der Waals surface area contributed by atoms with Gasteiger partial charge in [0.05, 0.1) is 12.6 Å². The number of hydrogen-bond donors (Lipinski definition) is 0. The molecule has 1 aromatic heterocycles. The first kappa shape index (κ1) is 13.7. The number of rotatable bonds is 3. The summed E-state index contributed by atoms with van der Waals surface area (Å²) in [5.41, 5.74) is 0.457. The van der Waals surface area contributed by atoms with Crippen molar-refractivity contribution in [1.82, 2.24) is 14.8 Å². The zero-order chi connectivity index (χ0) is 14.8. The Hall–Kier alpha value is -2.31. The van der Waals surface area contributed by atoms with Crippen molar-refractivity contribution in [2.45, 2.75) is 13.0 Å². The van der Waals surface area contributed by atoms with Crippen molar-refractivity contribution < 1.29 is 19.1 Å². The van der Waals surface area contributed by atoms with E-state index < -0.39 is 0 Å². The maximum absolute atomic E-state index is 12.6. The smallest absolute Gasteiger partial charge is 0.410 e. The fraction of sp³-hybridized carbons (Fsp3) is 0.500. The summed E-state index contributed by atoms with van der Waals surface area (Å²) in [7, 11) is 0. The highest BCUT2D eigenvalue weighted by Crippen LogP contribution is 2.22. The third kappa shape index (κ3) is 2.51. The molecule has 1 aromatic rings. The summed E-state index contributed by atoms with van der Waals surface area (Å²) in [4.78, 5) is 31.6. The normalized spacial score (nSPS) is 21.0. The predicted molar refractivity (Wildman–Crippen MR) is 73.2 cm³/mol. The topological polar surface area (TPSA) is 72.0 Å². The fourth-order valence-corrected chi connectivity index (χ4v) is 2.65. The molecule has 0 aromatic carbocycles. The van der Waals surface area contributed by atoms with E-state index in [1.807, 2.05) is 6.92 Å². The predicted octanol–water partition coefficient (Wildman–Crippen LogP) is 0.757.